The lowest BCUT2D eigenvalue weighted by Crippen LogP contribution is -2.67. The summed E-state index contributed by atoms with van der Waals surface area (Å²) >= 11 is 0. The highest BCUT2D eigenvalue weighted by Crippen LogP contribution is 2.69. The van der Waals surface area contributed by atoms with E-state index in [1.807, 2.05) is 6.07 Å². The third-order valence-corrected chi connectivity index (χ3v) is 10.3. The number of pyridine rings is 1. The minimum absolute atomic E-state index is 0.121. The van der Waals surface area contributed by atoms with Gasteiger partial charge >= 0.3 is 5.63 Å². The van der Waals surface area contributed by atoms with Crippen LogP contribution in [0.4, 0.5) is 0 Å². The standard InChI is InChI=1S/C28H37NO4/c1-7-26(4)16(2)10-11-27(5)21(26)13-17(3)28(6)24(27)23(30)22-20(33-28)14-19(32-25(22)31)18-9-8-12-29-15-18/h8-9,12,14-17,21,23-24,30H,7,10-11,13H2,1-6H3/t16-,17-,21?,23?,24?,26-,27-,28+/m0/s1. The van der Waals surface area contributed by atoms with Gasteiger partial charge in [0.2, 0.25) is 0 Å². The van der Waals surface area contributed by atoms with Crippen molar-refractivity contribution >= 4 is 0 Å². The number of hydrogen-bond acceptors (Lipinski definition) is 5. The molecule has 0 bridgehead atoms. The lowest BCUT2D eigenvalue weighted by atomic mass is 9.40. The fourth-order valence-corrected chi connectivity index (χ4v) is 7.91. The Bertz CT molecular complexity index is 1110. The molecular formula is C28H37NO4. The average molecular weight is 452 g/mol. The summed E-state index contributed by atoms with van der Waals surface area (Å²) in [6, 6.07) is 5.42. The first-order chi connectivity index (χ1) is 15.6. The van der Waals surface area contributed by atoms with E-state index >= 15 is 0 Å². The molecule has 2 fully saturated rings. The molecule has 0 spiro atoms. The predicted molar refractivity (Wildman–Crippen MR) is 128 cm³/mol. The maximum absolute atomic E-state index is 13.2. The van der Waals surface area contributed by atoms with E-state index < -0.39 is 17.3 Å². The van der Waals surface area contributed by atoms with Crippen molar-refractivity contribution in [1.82, 2.24) is 4.98 Å². The largest absolute Gasteiger partial charge is 0.486 e. The molecule has 2 saturated carbocycles. The molecular weight excluding hydrogens is 414 g/mol. The predicted octanol–water partition coefficient (Wildman–Crippen LogP) is 6.01. The second-order valence-electron chi connectivity index (χ2n) is 11.6. The van der Waals surface area contributed by atoms with E-state index in [4.69, 9.17) is 9.15 Å². The van der Waals surface area contributed by atoms with Crippen LogP contribution in [0.2, 0.25) is 0 Å². The van der Waals surface area contributed by atoms with Crippen LogP contribution in [0.25, 0.3) is 11.3 Å². The minimum Gasteiger partial charge on any atom is -0.486 e. The van der Waals surface area contributed by atoms with Crippen LogP contribution in [0.3, 0.4) is 0 Å². The van der Waals surface area contributed by atoms with Crippen molar-refractivity contribution in [3.63, 3.8) is 0 Å². The van der Waals surface area contributed by atoms with Crippen molar-refractivity contribution in [2.24, 2.45) is 34.5 Å². The molecule has 2 aliphatic carbocycles. The first-order valence-corrected chi connectivity index (χ1v) is 12.5. The van der Waals surface area contributed by atoms with Gasteiger partial charge in [0, 0.05) is 29.9 Å². The Morgan fingerprint density at radius 1 is 1.21 bits per heavy atom. The first kappa shape index (κ1) is 22.6. The first-order valence-electron chi connectivity index (χ1n) is 12.5. The Morgan fingerprint density at radius 2 is 1.97 bits per heavy atom. The molecule has 0 aromatic carbocycles. The molecule has 3 heterocycles. The fourth-order valence-electron chi connectivity index (χ4n) is 7.91. The van der Waals surface area contributed by atoms with Crippen molar-refractivity contribution in [2.75, 3.05) is 0 Å². The Hall–Kier alpha value is -2.14. The zero-order chi connectivity index (χ0) is 23.8. The lowest BCUT2D eigenvalue weighted by Gasteiger charge is -2.67. The van der Waals surface area contributed by atoms with Crippen LogP contribution in [-0.2, 0) is 0 Å². The van der Waals surface area contributed by atoms with Crippen LogP contribution in [0.1, 0.15) is 78.9 Å². The summed E-state index contributed by atoms with van der Waals surface area (Å²) < 4.78 is 12.4. The molecule has 5 heteroatoms. The number of aromatic nitrogens is 1. The zero-order valence-electron chi connectivity index (χ0n) is 20.7. The van der Waals surface area contributed by atoms with Crippen molar-refractivity contribution in [3.8, 4) is 17.1 Å². The van der Waals surface area contributed by atoms with Crippen LogP contribution < -0.4 is 10.4 Å². The number of aliphatic hydroxyl groups excluding tert-OH is 1. The molecule has 3 unspecified atom stereocenters. The molecule has 5 nitrogen and oxygen atoms in total. The van der Waals surface area contributed by atoms with Crippen molar-refractivity contribution < 1.29 is 14.3 Å². The minimum atomic E-state index is -0.914. The summed E-state index contributed by atoms with van der Waals surface area (Å²) in [7, 11) is 0. The number of hydrogen-bond donors (Lipinski definition) is 1. The van der Waals surface area contributed by atoms with Gasteiger partial charge in [-0.15, -0.1) is 0 Å². The normalized spacial score (nSPS) is 42.0. The van der Waals surface area contributed by atoms with Crippen LogP contribution in [0.5, 0.6) is 5.75 Å². The number of ether oxygens (including phenoxy) is 1. The quantitative estimate of drug-likeness (QED) is 0.605. The Balaban J connectivity index is 1.65. The number of rotatable bonds is 2. The SMILES string of the molecule is CC[C@]1(C)C2C[C@H](C)[C@@]3(C)Oc4cc(-c5cccnc5)oc(=O)c4C(O)C3[C@@]2(C)CC[C@@H]1C. The monoisotopic (exact) mass is 451 g/mol. The number of fused-ring (bicyclic) bond motifs is 4. The van der Waals surface area contributed by atoms with E-state index in [2.05, 4.69) is 46.5 Å². The Morgan fingerprint density at radius 3 is 2.64 bits per heavy atom. The molecule has 2 aromatic heterocycles. The topological polar surface area (TPSA) is 72.6 Å². The van der Waals surface area contributed by atoms with Gasteiger partial charge in [0.05, 0.1) is 6.10 Å². The van der Waals surface area contributed by atoms with Crippen LogP contribution in [0.15, 0.2) is 39.8 Å². The van der Waals surface area contributed by atoms with Crippen LogP contribution in [0, 0.1) is 34.5 Å². The highest BCUT2D eigenvalue weighted by atomic mass is 16.5. The van der Waals surface area contributed by atoms with E-state index in [9.17, 15) is 9.90 Å². The van der Waals surface area contributed by atoms with E-state index in [0.717, 1.165) is 25.7 Å². The Labute approximate surface area is 196 Å². The maximum Gasteiger partial charge on any atom is 0.345 e. The van der Waals surface area contributed by atoms with Gasteiger partial charge in [-0.05, 0) is 66.9 Å². The van der Waals surface area contributed by atoms with Gasteiger partial charge in [0.25, 0.3) is 0 Å². The smallest absolute Gasteiger partial charge is 0.345 e. The van der Waals surface area contributed by atoms with E-state index in [-0.39, 0.29) is 28.2 Å². The maximum atomic E-state index is 13.2. The van der Waals surface area contributed by atoms with Gasteiger partial charge in [-0.1, -0.05) is 41.0 Å². The van der Waals surface area contributed by atoms with Crippen LogP contribution >= 0.6 is 0 Å². The van der Waals surface area contributed by atoms with Gasteiger partial charge in [-0.3, -0.25) is 4.98 Å². The van der Waals surface area contributed by atoms with Crippen molar-refractivity contribution in [1.29, 1.82) is 0 Å². The zero-order valence-corrected chi connectivity index (χ0v) is 20.7. The molecule has 2 aromatic rings. The van der Waals surface area contributed by atoms with E-state index in [0.29, 0.717) is 28.9 Å². The highest BCUT2D eigenvalue weighted by molar-refractivity contribution is 5.59. The summed E-state index contributed by atoms with van der Waals surface area (Å²) in [5.41, 5.74) is -0.00166. The molecule has 0 saturated heterocycles. The molecule has 8 atom stereocenters. The lowest BCUT2D eigenvalue weighted by molar-refractivity contribution is -0.235. The Kier molecular flexibility index (Phi) is 5.10. The van der Waals surface area contributed by atoms with E-state index in [1.165, 1.54) is 0 Å². The van der Waals surface area contributed by atoms with Crippen LogP contribution in [-0.4, -0.2) is 15.7 Å². The summed E-state index contributed by atoms with van der Waals surface area (Å²) in [4.78, 5) is 17.3. The molecule has 1 aliphatic heterocycles. The number of nitrogens with zero attached hydrogens (tertiary/aromatic N) is 1. The third-order valence-electron chi connectivity index (χ3n) is 10.3. The van der Waals surface area contributed by atoms with E-state index in [1.54, 1.807) is 24.5 Å². The molecule has 0 amide bonds. The van der Waals surface area contributed by atoms with Gasteiger partial charge in [0.1, 0.15) is 22.7 Å². The fraction of sp³-hybridized carbons (Fsp3) is 0.643. The molecule has 1 N–H and O–H groups in total. The summed E-state index contributed by atoms with van der Waals surface area (Å²) in [6.45, 7) is 13.9. The molecule has 3 aliphatic rings. The molecule has 178 valence electrons. The number of aliphatic hydroxyl groups is 1. The van der Waals surface area contributed by atoms with Gasteiger partial charge in [0.15, 0.2) is 0 Å². The third kappa shape index (κ3) is 3.00. The molecule has 33 heavy (non-hydrogen) atoms. The van der Waals surface area contributed by atoms with Crippen molar-refractivity contribution in [3.05, 3.63) is 46.6 Å². The summed E-state index contributed by atoms with van der Waals surface area (Å²) in [5, 5.41) is 11.8. The summed E-state index contributed by atoms with van der Waals surface area (Å²) in [6.07, 6.45) is 6.79. The summed E-state index contributed by atoms with van der Waals surface area (Å²) in [5.74, 6) is 2.04. The second kappa shape index (κ2) is 7.43. The molecule has 5 rings (SSSR count). The van der Waals surface area contributed by atoms with Gasteiger partial charge in [-0.2, -0.15) is 0 Å². The second-order valence-corrected chi connectivity index (χ2v) is 11.6. The van der Waals surface area contributed by atoms with Gasteiger partial charge < -0.3 is 14.3 Å². The highest BCUT2D eigenvalue weighted by Gasteiger charge is 2.67. The van der Waals surface area contributed by atoms with Gasteiger partial charge in [-0.25, -0.2) is 4.79 Å². The van der Waals surface area contributed by atoms with Crippen molar-refractivity contribution in [2.45, 2.75) is 78.9 Å². The average Bonchev–Trinajstić information content (AvgIpc) is 2.78. The molecule has 0 radical (unpaired) electrons.